The number of amides is 2. The number of rotatable bonds is 5. The van der Waals surface area contributed by atoms with E-state index in [1.165, 1.54) is 0 Å². The van der Waals surface area contributed by atoms with Gasteiger partial charge < -0.3 is 14.0 Å². The highest BCUT2D eigenvalue weighted by Gasteiger charge is 2.40. The smallest absolute Gasteiger partial charge is 0.259 e. The van der Waals surface area contributed by atoms with Gasteiger partial charge >= 0.3 is 0 Å². The molecule has 2 N–H and O–H groups in total. The zero-order valence-electron chi connectivity index (χ0n) is 22.5. The Morgan fingerprint density at radius 1 is 0.895 bits per heavy atom. The molecule has 4 aromatic rings. The van der Waals surface area contributed by atoms with Crippen molar-refractivity contribution >= 4 is 53.1 Å². The Morgan fingerprint density at radius 3 is 2.29 bits per heavy atom. The van der Waals surface area contributed by atoms with Gasteiger partial charge in [-0.2, -0.15) is 0 Å². The third-order valence-electron chi connectivity index (χ3n) is 8.43. The average molecular weight is 524 g/mol. The second kappa shape index (κ2) is 8.68. The Bertz CT molecular complexity index is 1660. The molecule has 7 heteroatoms. The Kier molecular flexibility index (Phi) is 5.63. The molecule has 1 aliphatic heterocycles. The lowest BCUT2D eigenvalue weighted by molar-refractivity contribution is -0.122. The van der Waals surface area contributed by atoms with Crippen molar-refractivity contribution in [1.29, 1.82) is 0 Å². The lowest BCUT2D eigenvalue weighted by Crippen LogP contribution is -2.43. The number of para-hydroxylation sites is 2. The lowest BCUT2D eigenvalue weighted by atomic mass is 9.95. The van der Waals surface area contributed by atoms with Crippen molar-refractivity contribution in [1.82, 2.24) is 14.9 Å². The zero-order chi connectivity index (χ0) is 26.8. The number of H-pyrrole nitrogens is 1. The number of hydrogen-bond donors (Lipinski definition) is 2. The van der Waals surface area contributed by atoms with Gasteiger partial charge in [0.15, 0.2) is 8.32 Å². The van der Waals surface area contributed by atoms with Crippen molar-refractivity contribution in [2.75, 3.05) is 0 Å². The number of allylic oxidation sites excluding steroid dienone is 1. The first kappa shape index (κ1) is 24.6. The number of nitrogens with one attached hydrogen (secondary N) is 2. The number of aromatic nitrogens is 2. The fraction of sp³-hybridized carbons (Fsp3) is 0.290. The summed E-state index contributed by atoms with van der Waals surface area (Å²) in [4.78, 5) is 29.6. The minimum absolute atomic E-state index is 0.0582. The summed E-state index contributed by atoms with van der Waals surface area (Å²) in [5.74, 6) is -0.727. The molecule has 0 bridgehead atoms. The van der Waals surface area contributed by atoms with Gasteiger partial charge in [-0.3, -0.25) is 14.9 Å². The Hall–Kier alpha value is -3.68. The molecular formula is C31H33N3O3Si. The predicted molar refractivity (Wildman–Crippen MR) is 155 cm³/mol. The topological polar surface area (TPSA) is 76.1 Å². The first-order valence-corrected chi connectivity index (χ1v) is 16.1. The van der Waals surface area contributed by atoms with E-state index in [1.807, 2.05) is 54.9 Å². The van der Waals surface area contributed by atoms with E-state index in [9.17, 15) is 9.59 Å². The van der Waals surface area contributed by atoms with Crippen LogP contribution in [0, 0.1) is 0 Å². The Morgan fingerprint density at radius 2 is 1.55 bits per heavy atom. The molecule has 2 aliphatic rings. The van der Waals surface area contributed by atoms with Crippen LogP contribution in [-0.2, 0) is 14.0 Å². The van der Waals surface area contributed by atoms with Gasteiger partial charge in [-0.05, 0) is 30.3 Å². The van der Waals surface area contributed by atoms with Crippen LogP contribution in [0.1, 0.15) is 44.4 Å². The second-order valence-electron chi connectivity index (χ2n) is 11.9. The van der Waals surface area contributed by atoms with Gasteiger partial charge in [0.05, 0.1) is 23.3 Å². The molecule has 0 fully saturated rings. The van der Waals surface area contributed by atoms with Gasteiger partial charge in [-0.1, -0.05) is 69.3 Å². The highest BCUT2D eigenvalue weighted by molar-refractivity contribution is 6.74. The quantitative estimate of drug-likeness (QED) is 0.176. The summed E-state index contributed by atoms with van der Waals surface area (Å²) in [6.45, 7) is 11.3. The monoisotopic (exact) mass is 523 g/mol. The SMILES string of the molecule is CC(C)(C)[Si](C)(C)O[C@@H]1C=C[C@H](n2cc(C3=C(c4c[nH]c5ccccc45)C(=O)NC3=O)c3ccccc32)C1. The number of imide groups is 1. The minimum Gasteiger partial charge on any atom is -0.410 e. The normalized spacial score (nSPS) is 20.3. The molecule has 6 nitrogen and oxygen atoms in total. The molecule has 2 aromatic heterocycles. The number of hydrogen-bond acceptors (Lipinski definition) is 3. The summed E-state index contributed by atoms with van der Waals surface area (Å²) in [6, 6.07) is 16.0. The van der Waals surface area contributed by atoms with Crippen LogP contribution in [0.5, 0.6) is 0 Å². The van der Waals surface area contributed by atoms with E-state index in [1.54, 1.807) is 0 Å². The van der Waals surface area contributed by atoms with Crippen LogP contribution in [0.25, 0.3) is 33.0 Å². The molecule has 194 valence electrons. The van der Waals surface area contributed by atoms with Crippen LogP contribution in [0.3, 0.4) is 0 Å². The van der Waals surface area contributed by atoms with Crippen molar-refractivity contribution in [3.8, 4) is 0 Å². The Labute approximate surface area is 223 Å². The summed E-state index contributed by atoms with van der Waals surface area (Å²) in [6.07, 6.45) is 9.15. The van der Waals surface area contributed by atoms with Crippen LogP contribution >= 0.6 is 0 Å². The molecule has 2 atom stereocenters. The van der Waals surface area contributed by atoms with E-state index >= 15 is 0 Å². The zero-order valence-corrected chi connectivity index (χ0v) is 23.5. The number of aromatic amines is 1. The summed E-state index contributed by atoms with van der Waals surface area (Å²) in [7, 11) is -1.91. The number of carbonyl (C=O) groups excluding carboxylic acids is 2. The maximum Gasteiger partial charge on any atom is 0.259 e. The summed E-state index contributed by atoms with van der Waals surface area (Å²) >= 11 is 0. The van der Waals surface area contributed by atoms with Crippen molar-refractivity contribution in [2.45, 2.75) is 57.5 Å². The highest BCUT2D eigenvalue weighted by Crippen LogP contribution is 2.42. The molecule has 0 saturated heterocycles. The highest BCUT2D eigenvalue weighted by atomic mass is 28.4. The maximum absolute atomic E-state index is 13.3. The molecular weight excluding hydrogens is 490 g/mol. The average Bonchev–Trinajstić information content (AvgIpc) is 3.62. The maximum atomic E-state index is 13.3. The Balaban J connectivity index is 1.44. The number of fused-ring (bicyclic) bond motifs is 2. The van der Waals surface area contributed by atoms with Crippen molar-refractivity contribution in [2.24, 2.45) is 0 Å². The van der Waals surface area contributed by atoms with Gasteiger partial charge in [0, 0.05) is 51.7 Å². The first-order chi connectivity index (χ1) is 18.0. The molecule has 3 heterocycles. The van der Waals surface area contributed by atoms with Crippen LogP contribution in [0.15, 0.2) is 73.1 Å². The summed E-state index contributed by atoms with van der Waals surface area (Å²) in [5, 5.41) is 4.56. The van der Waals surface area contributed by atoms with Gasteiger partial charge in [0.2, 0.25) is 0 Å². The van der Waals surface area contributed by atoms with Gasteiger partial charge in [-0.25, -0.2) is 0 Å². The summed E-state index contributed by atoms with van der Waals surface area (Å²) < 4.78 is 8.92. The third kappa shape index (κ3) is 3.89. The summed E-state index contributed by atoms with van der Waals surface area (Å²) in [5.41, 5.74) is 4.30. The van der Waals surface area contributed by atoms with Gasteiger partial charge in [0.1, 0.15) is 0 Å². The second-order valence-corrected chi connectivity index (χ2v) is 16.6. The standard InChI is InChI=1S/C31H33N3O3Si/c1-31(2,3)38(4,5)37-20-15-14-19(16-20)34-18-24(22-11-7-9-13-26(22)34)28-27(29(35)33-30(28)36)23-17-32-25-12-8-6-10-21(23)25/h6-15,17-20,32H,16H2,1-5H3,(H,33,35,36)/t19-,20+/m0/s1. The van der Waals surface area contributed by atoms with Gasteiger partial charge in [-0.15, -0.1) is 0 Å². The van der Waals surface area contributed by atoms with Crippen LogP contribution in [-0.4, -0.2) is 35.8 Å². The van der Waals surface area contributed by atoms with E-state index in [0.717, 1.165) is 39.4 Å². The molecule has 38 heavy (non-hydrogen) atoms. The molecule has 0 radical (unpaired) electrons. The fourth-order valence-electron chi connectivity index (χ4n) is 5.42. The number of benzene rings is 2. The van der Waals surface area contributed by atoms with Crippen molar-refractivity contribution in [3.05, 3.63) is 84.2 Å². The van der Waals surface area contributed by atoms with E-state index in [2.05, 4.69) is 67.0 Å². The van der Waals surface area contributed by atoms with Crippen LogP contribution in [0.4, 0.5) is 0 Å². The van der Waals surface area contributed by atoms with Gasteiger partial charge in [0.25, 0.3) is 11.8 Å². The van der Waals surface area contributed by atoms with E-state index in [4.69, 9.17) is 4.43 Å². The molecule has 0 saturated carbocycles. The van der Waals surface area contributed by atoms with E-state index < -0.39 is 8.32 Å². The molecule has 2 aromatic carbocycles. The molecule has 1 aliphatic carbocycles. The first-order valence-electron chi connectivity index (χ1n) is 13.2. The predicted octanol–water partition coefficient (Wildman–Crippen LogP) is 6.58. The largest absolute Gasteiger partial charge is 0.410 e. The van der Waals surface area contributed by atoms with Crippen molar-refractivity contribution in [3.63, 3.8) is 0 Å². The molecule has 0 spiro atoms. The van der Waals surface area contributed by atoms with Crippen molar-refractivity contribution < 1.29 is 14.0 Å². The number of nitrogens with zero attached hydrogens (tertiary/aromatic N) is 1. The third-order valence-corrected chi connectivity index (χ3v) is 12.9. The minimum atomic E-state index is -1.91. The molecule has 0 unspecified atom stereocenters. The fourth-order valence-corrected chi connectivity index (χ4v) is 6.71. The molecule has 2 amide bonds. The van der Waals surface area contributed by atoms with Crippen LogP contribution in [0.2, 0.25) is 18.1 Å². The lowest BCUT2D eigenvalue weighted by Gasteiger charge is -2.38. The van der Waals surface area contributed by atoms with E-state index in [-0.39, 0.29) is 29.0 Å². The van der Waals surface area contributed by atoms with Crippen LogP contribution < -0.4 is 5.32 Å². The number of carbonyl (C=O) groups is 2. The van der Waals surface area contributed by atoms with E-state index in [0.29, 0.717) is 11.1 Å². The molecule has 6 rings (SSSR count).